The van der Waals surface area contributed by atoms with Gasteiger partial charge in [0.05, 0.1) is 13.0 Å². The molecular formula is C11H14O4. The number of rotatable bonds is 6. The highest BCUT2D eigenvalue weighted by atomic mass is 16.5. The van der Waals surface area contributed by atoms with Crippen LogP contribution in [-0.2, 0) is 11.2 Å². The fourth-order valence-electron chi connectivity index (χ4n) is 1.22. The van der Waals surface area contributed by atoms with Gasteiger partial charge in [-0.2, -0.15) is 0 Å². The molecule has 1 aromatic rings. The van der Waals surface area contributed by atoms with Crippen LogP contribution in [0.3, 0.4) is 0 Å². The van der Waals surface area contributed by atoms with Gasteiger partial charge in [0.15, 0.2) is 0 Å². The second-order valence-corrected chi connectivity index (χ2v) is 3.07. The Morgan fingerprint density at radius 3 is 2.73 bits per heavy atom. The molecule has 82 valence electrons. The van der Waals surface area contributed by atoms with Crippen LogP contribution in [0.4, 0.5) is 0 Å². The third-order valence-corrected chi connectivity index (χ3v) is 1.93. The van der Waals surface area contributed by atoms with Gasteiger partial charge in [0.25, 0.3) is 0 Å². The maximum absolute atomic E-state index is 10.3. The first-order valence-electron chi connectivity index (χ1n) is 4.77. The van der Waals surface area contributed by atoms with Crippen LogP contribution in [0.15, 0.2) is 24.3 Å². The Balaban J connectivity index is 2.55. The number of hydrogen-bond acceptors (Lipinski definition) is 3. The number of aliphatic hydroxyl groups excluding tert-OH is 1. The van der Waals surface area contributed by atoms with E-state index in [0.29, 0.717) is 12.2 Å². The predicted octanol–water partition coefficient (Wildman–Crippen LogP) is 1.07. The molecule has 0 amide bonds. The Kier molecular flexibility index (Phi) is 4.63. The fourth-order valence-corrected chi connectivity index (χ4v) is 1.22. The minimum absolute atomic E-state index is 0.0204. The number of carboxylic acids is 1. The van der Waals surface area contributed by atoms with Gasteiger partial charge in [0, 0.05) is 6.61 Å². The summed E-state index contributed by atoms with van der Waals surface area (Å²) in [6.45, 7) is 0.205. The first-order chi connectivity index (χ1) is 7.24. The molecule has 0 heterocycles. The quantitative estimate of drug-likeness (QED) is 0.737. The van der Waals surface area contributed by atoms with Gasteiger partial charge >= 0.3 is 5.97 Å². The number of hydrogen-bond donors (Lipinski definition) is 2. The lowest BCUT2D eigenvalue weighted by Crippen LogP contribution is -2.06. The van der Waals surface area contributed by atoms with Crippen molar-refractivity contribution in [1.82, 2.24) is 0 Å². The zero-order valence-electron chi connectivity index (χ0n) is 8.35. The van der Waals surface area contributed by atoms with Gasteiger partial charge in [-0.1, -0.05) is 18.2 Å². The summed E-state index contributed by atoms with van der Waals surface area (Å²) in [6, 6.07) is 7.30. The van der Waals surface area contributed by atoms with Crippen molar-refractivity contribution in [2.75, 3.05) is 13.2 Å². The van der Waals surface area contributed by atoms with Crippen molar-refractivity contribution < 1.29 is 19.7 Å². The van der Waals surface area contributed by atoms with Gasteiger partial charge in [-0.25, -0.2) is 0 Å². The van der Waals surface area contributed by atoms with E-state index in [0.717, 1.165) is 5.56 Å². The molecule has 2 N–H and O–H groups in total. The Labute approximate surface area is 88.1 Å². The number of aliphatic carboxylic acids is 1. The van der Waals surface area contributed by atoms with Crippen molar-refractivity contribution in [3.63, 3.8) is 0 Å². The zero-order valence-corrected chi connectivity index (χ0v) is 8.35. The van der Waals surface area contributed by atoms with E-state index in [-0.39, 0.29) is 19.6 Å². The van der Waals surface area contributed by atoms with Gasteiger partial charge in [-0.05, 0) is 18.1 Å². The van der Waals surface area contributed by atoms with Gasteiger partial charge < -0.3 is 14.9 Å². The van der Waals surface area contributed by atoms with E-state index in [4.69, 9.17) is 14.9 Å². The van der Waals surface area contributed by atoms with Crippen molar-refractivity contribution in [3.05, 3.63) is 29.8 Å². The third kappa shape index (κ3) is 3.99. The van der Waals surface area contributed by atoms with E-state index < -0.39 is 5.97 Å². The minimum atomic E-state index is -0.880. The second-order valence-electron chi connectivity index (χ2n) is 3.07. The molecule has 0 spiro atoms. The molecule has 15 heavy (non-hydrogen) atoms. The van der Waals surface area contributed by atoms with E-state index in [9.17, 15) is 4.79 Å². The number of aliphatic hydroxyl groups is 1. The molecular weight excluding hydrogens is 196 g/mol. The van der Waals surface area contributed by atoms with Gasteiger partial charge in [-0.3, -0.25) is 4.79 Å². The Morgan fingerprint density at radius 1 is 1.33 bits per heavy atom. The van der Waals surface area contributed by atoms with Crippen molar-refractivity contribution >= 4 is 5.97 Å². The van der Waals surface area contributed by atoms with E-state index in [1.807, 2.05) is 18.2 Å². The Bertz CT molecular complexity index is 322. The summed E-state index contributed by atoms with van der Waals surface area (Å²) in [7, 11) is 0. The zero-order chi connectivity index (χ0) is 11.1. The largest absolute Gasteiger partial charge is 0.493 e. The van der Waals surface area contributed by atoms with Crippen molar-refractivity contribution in [3.8, 4) is 5.75 Å². The molecule has 0 bridgehead atoms. The number of carbonyl (C=O) groups is 1. The number of benzene rings is 1. The highest BCUT2D eigenvalue weighted by molar-refractivity contribution is 5.66. The predicted molar refractivity (Wildman–Crippen MR) is 55.0 cm³/mol. The van der Waals surface area contributed by atoms with Crippen LogP contribution >= 0.6 is 0 Å². The molecule has 0 aliphatic rings. The molecule has 0 aliphatic carbocycles. The average Bonchev–Trinajstić information content (AvgIpc) is 2.20. The van der Waals surface area contributed by atoms with Gasteiger partial charge in [0.2, 0.25) is 0 Å². The summed E-state index contributed by atoms with van der Waals surface area (Å²) in [5.74, 6) is -0.234. The third-order valence-electron chi connectivity index (χ3n) is 1.93. The monoisotopic (exact) mass is 210 g/mol. The summed E-state index contributed by atoms with van der Waals surface area (Å²) < 4.78 is 5.31. The molecule has 0 fully saturated rings. The summed E-state index contributed by atoms with van der Waals surface area (Å²) >= 11 is 0. The molecule has 0 aromatic heterocycles. The molecule has 1 aromatic carbocycles. The molecule has 4 heteroatoms. The lowest BCUT2D eigenvalue weighted by molar-refractivity contribution is -0.137. The molecule has 0 saturated heterocycles. The minimum Gasteiger partial charge on any atom is -0.493 e. The molecule has 0 unspecified atom stereocenters. The molecule has 4 nitrogen and oxygen atoms in total. The van der Waals surface area contributed by atoms with Gasteiger partial charge in [0.1, 0.15) is 5.75 Å². The van der Waals surface area contributed by atoms with Crippen LogP contribution in [0.5, 0.6) is 5.75 Å². The first-order valence-corrected chi connectivity index (χ1v) is 4.77. The highest BCUT2D eigenvalue weighted by Gasteiger charge is 2.03. The van der Waals surface area contributed by atoms with Crippen LogP contribution < -0.4 is 4.74 Å². The van der Waals surface area contributed by atoms with Crippen molar-refractivity contribution in [2.45, 2.75) is 12.8 Å². The second kappa shape index (κ2) is 6.03. The van der Waals surface area contributed by atoms with Crippen LogP contribution in [-0.4, -0.2) is 29.4 Å². The van der Waals surface area contributed by atoms with E-state index >= 15 is 0 Å². The van der Waals surface area contributed by atoms with E-state index in [1.54, 1.807) is 6.07 Å². The Morgan fingerprint density at radius 2 is 2.07 bits per heavy atom. The lowest BCUT2D eigenvalue weighted by Gasteiger charge is -2.09. The Hall–Kier alpha value is -1.55. The van der Waals surface area contributed by atoms with Crippen LogP contribution in [0.25, 0.3) is 0 Å². The lowest BCUT2D eigenvalue weighted by atomic mass is 10.1. The molecule has 0 atom stereocenters. The normalized spacial score (nSPS) is 9.93. The summed E-state index contributed by atoms with van der Waals surface area (Å²) in [5, 5.41) is 17.3. The molecule has 0 radical (unpaired) electrons. The van der Waals surface area contributed by atoms with Crippen LogP contribution in [0.1, 0.15) is 12.0 Å². The smallest absolute Gasteiger partial charge is 0.306 e. The van der Waals surface area contributed by atoms with Crippen molar-refractivity contribution in [1.29, 1.82) is 0 Å². The summed E-state index contributed by atoms with van der Waals surface area (Å²) in [6.07, 6.45) is 0.497. The fraction of sp³-hybridized carbons (Fsp3) is 0.364. The molecule has 0 aliphatic heterocycles. The van der Waals surface area contributed by atoms with Crippen LogP contribution in [0.2, 0.25) is 0 Å². The van der Waals surface area contributed by atoms with Crippen molar-refractivity contribution in [2.24, 2.45) is 0 Å². The van der Waals surface area contributed by atoms with E-state index in [1.165, 1.54) is 0 Å². The number of ether oxygens (including phenoxy) is 1. The molecule has 1 rings (SSSR count). The standard InChI is InChI=1S/C11H14O4/c12-7-5-9-3-1-2-4-10(9)15-8-6-11(13)14/h1-4,12H,5-8H2,(H,13,14). The maximum Gasteiger partial charge on any atom is 0.306 e. The summed E-state index contributed by atoms with van der Waals surface area (Å²) in [5.41, 5.74) is 0.894. The van der Waals surface area contributed by atoms with Crippen LogP contribution in [0, 0.1) is 0 Å². The van der Waals surface area contributed by atoms with E-state index in [2.05, 4.69) is 0 Å². The first kappa shape index (κ1) is 11.5. The maximum atomic E-state index is 10.3. The number of carboxylic acid groups (broad SMARTS) is 1. The topological polar surface area (TPSA) is 66.8 Å². The highest BCUT2D eigenvalue weighted by Crippen LogP contribution is 2.18. The molecule has 0 saturated carbocycles. The van der Waals surface area contributed by atoms with Gasteiger partial charge in [-0.15, -0.1) is 0 Å². The number of para-hydroxylation sites is 1. The SMILES string of the molecule is O=C(O)CCOc1ccccc1CCO. The summed E-state index contributed by atoms with van der Waals surface area (Å²) in [4.78, 5) is 10.3. The average molecular weight is 210 g/mol.